The van der Waals surface area contributed by atoms with Crippen molar-refractivity contribution >= 4 is 93.8 Å². The Balaban J connectivity index is 0.000000373. The van der Waals surface area contributed by atoms with E-state index >= 15 is 0 Å². The SMILES string of the molecule is O=C(N[C@@H](Cc1ccc(OS(=O)(=O)O)cc1)C(=O)[O-])OCc1ccccc1.O=C(N[C@@H](Cc1ccc(OS(=O)(=O)O)cc1)C(=O)[O-])OCc1ccccc1.[Ba+2]. The summed E-state index contributed by atoms with van der Waals surface area (Å²) in [6, 6.07) is 25.4. The second-order valence-corrected chi connectivity index (χ2v) is 12.9. The Morgan fingerprint density at radius 1 is 0.527 bits per heavy atom. The molecule has 0 heterocycles. The van der Waals surface area contributed by atoms with Crippen LogP contribution in [0, 0.1) is 0 Å². The summed E-state index contributed by atoms with van der Waals surface area (Å²) in [5.41, 5.74) is 2.39. The summed E-state index contributed by atoms with van der Waals surface area (Å²) in [5.74, 6) is -3.32. The molecule has 4 N–H and O–H groups in total. The van der Waals surface area contributed by atoms with Gasteiger partial charge in [0.2, 0.25) is 0 Å². The van der Waals surface area contributed by atoms with Gasteiger partial charge in [-0.1, -0.05) is 84.9 Å². The van der Waals surface area contributed by atoms with Crippen LogP contribution in [0.15, 0.2) is 109 Å². The molecular weight excluding hydrogens is 894 g/mol. The zero-order valence-corrected chi connectivity index (χ0v) is 34.6. The molecule has 0 bridgehead atoms. The zero-order chi connectivity index (χ0) is 39.7. The molecule has 288 valence electrons. The Bertz CT molecular complexity index is 1920. The molecule has 0 aliphatic rings. The van der Waals surface area contributed by atoms with E-state index in [1.165, 1.54) is 48.5 Å². The minimum absolute atomic E-state index is 0. The molecule has 0 aliphatic carbocycles. The smallest absolute Gasteiger partial charge is 0.548 e. The summed E-state index contributed by atoms with van der Waals surface area (Å²) in [6.07, 6.45) is -2.09. The Kier molecular flexibility index (Phi) is 19.2. The third kappa shape index (κ3) is 19.5. The summed E-state index contributed by atoms with van der Waals surface area (Å²) >= 11 is 0. The van der Waals surface area contributed by atoms with Crippen LogP contribution in [0.25, 0.3) is 0 Å². The van der Waals surface area contributed by atoms with Gasteiger partial charge in [-0.2, -0.15) is 16.8 Å². The van der Waals surface area contributed by atoms with Gasteiger partial charge in [-0.15, -0.1) is 0 Å². The molecule has 0 unspecified atom stereocenters. The van der Waals surface area contributed by atoms with Gasteiger partial charge in [0.15, 0.2) is 0 Å². The third-order valence-electron chi connectivity index (χ3n) is 6.71. The number of benzene rings is 4. The number of alkyl carbamates (subject to hydrolysis) is 2. The topological polar surface area (TPSA) is 284 Å². The van der Waals surface area contributed by atoms with Gasteiger partial charge in [0.25, 0.3) is 0 Å². The second-order valence-electron chi connectivity index (χ2n) is 10.9. The molecule has 0 spiro atoms. The number of rotatable bonds is 16. The molecule has 4 aromatic rings. The van der Waals surface area contributed by atoms with E-state index < -0.39 is 57.0 Å². The predicted octanol–water partition coefficient (Wildman–Crippen LogP) is 0.530. The fourth-order valence-electron chi connectivity index (χ4n) is 4.28. The van der Waals surface area contributed by atoms with Crippen LogP contribution in [0.5, 0.6) is 11.5 Å². The first-order valence-electron chi connectivity index (χ1n) is 15.3. The summed E-state index contributed by atoms with van der Waals surface area (Å²) in [6.45, 7) is -0.0395. The summed E-state index contributed by atoms with van der Waals surface area (Å²) < 4.78 is 78.1. The monoisotopic (exact) mass is 926 g/mol. The standard InChI is InChI=1S/2C17H17NO8S.Ba/c2*19-16(20)15(18-17(21)25-11-13-4-2-1-3-5-13)10-12-6-8-14(9-7-12)26-27(22,23)24;/h2*1-9,15H,10-11H2,(H,18,21)(H,19,20)(H,22,23,24);/q;;+2/p-2/t2*15-;/m00./s1. The molecule has 0 radical (unpaired) electrons. The molecule has 0 aromatic heterocycles. The van der Waals surface area contributed by atoms with Crippen LogP contribution in [-0.2, 0) is 65.9 Å². The molecule has 21 heteroatoms. The molecule has 2 amide bonds. The average molecular weight is 926 g/mol. The van der Waals surface area contributed by atoms with Gasteiger partial charge < -0.3 is 48.3 Å². The van der Waals surface area contributed by atoms with Crippen LogP contribution < -0.4 is 29.2 Å². The zero-order valence-electron chi connectivity index (χ0n) is 28.5. The molecule has 0 saturated heterocycles. The number of carbonyl (C=O) groups excluding carboxylic acids is 4. The molecular formula is C34H32BaN2O16S2. The maximum atomic E-state index is 11.8. The Labute approximate surface area is 355 Å². The normalized spacial score (nSPS) is 11.8. The van der Waals surface area contributed by atoms with E-state index in [-0.39, 0.29) is 86.4 Å². The van der Waals surface area contributed by atoms with Crippen molar-refractivity contribution in [3.63, 3.8) is 0 Å². The molecule has 4 aromatic carbocycles. The molecule has 4 rings (SSSR count). The molecule has 0 aliphatic heterocycles. The van der Waals surface area contributed by atoms with Gasteiger partial charge in [0.05, 0.1) is 24.0 Å². The van der Waals surface area contributed by atoms with E-state index in [0.717, 1.165) is 11.1 Å². The number of carboxylic acid groups (broad SMARTS) is 2. The van der Waals surface area contributed by atoms with Crippen molar-refractivity contribution in [2.24, 2.45) is 0 Å². The minimum Gasteiger partial charge on any atom is -0.548 e. The van der Waals surface area contributed by atoms with Gasteiger partial charge in [-0.3, -0.25) is 9.11 Å². The number of carbonyl (C=O) groups is 4. The van der Waals surface area contributed by atoms with Crippen molar-refractivity contribution in [2.45, 2.75) is 38.1 Å². The molecule has 0 saturated carbocycles. The van der Waals surface area contributed by atoms with E-state index in [1.54, 1.807) is 48.5 Å². The Hall–Kier alpha value is -4.65. The third-order valence-corrected chi connectivity index (χ3v) is 7.51. The summed E-state index contributed by atoms with van der Waals surface area (Å²) in [5, 5.41) is 26.9. The van der Waals surface area contributed by atoms with Crippen LogP contribution in [0.3, 0.4) is 0 Å². The van der Waals surface area contributed by atoms with E-state index in [9.17, 15) is 46.2 Å². The van der Waals surface area contributed by atoms with Crippen molar-refractivity contribution in [3.05, 3.63) is 131 Å². The molecule has 55 heavy (non-hydrogen) atoms. The van der Waals surface area contributed by atoms with E-state index in [2.05, 4.69) is 19.0 Å². The number of nitrogens with one attached hydrogen (secondary N) is 2. The predicted molar refractivity (Wildman–Crippen MR) is 188 cm³/mol. The summed E-state index contributed by atoms with van der Waals surface area (Å²) in [7, 11) is -9.30. The van der Waals surface area contributed by atoms with Gasteiger partial charge in [0.1, 0.15) is 24.7 Å². The minimum atomic E-state index is -4.65. The number of hydrogen-bond acceptors (Lipinski definition) is 14. The van der Waals surface area contributed by atoms with E-state index in [0.29, 0.717) is 11.1 Å². The van der Waals surface area contributed by atoms with Crippen LogP contribution in [0.4, 0.5) is 9.59 Å². The van der Waals surface area contributed by atoms with Crippen LogP contribution >= 0.6 is 0 Å². The van der Waals surface area contributed by atoms with Gasteiger partial charge in [-0.05, 0) is 59.4 Å². The first kappa shape index (κ1) is 46.5. The van der Waals surface area contributed by atoms with Crippen LogP contribution in [0.2, 0.25) is 0 Å². The van der Waals surface area contributed by atoms with Crippen molar-refractivity contribution in [1.29, 1.82) is 0 Å². The maximum absolute atomic E-state index is 11.8. The van der Waals surface area contributed by atoms with Crippen molar-refractivity contribution in [1.82, 2.24) is 10.6 Å². The molecule has 0 fully saturated rings. The first-order chi connectivity index (χ1) is 25.5. The average Bonchev–Trinajstić information content (AvgIpc) is 3.11. The molecule has 18 nitrogen and oxygen atoms in total. The van der Waals surface area contributed by atoms with Crippen LogP contribution in [-0.4, -0.2) is 111 Å². The Morgan fingerprint density at radius 2 is 0.836 bits per heavy atom. The number of hydrogen-bond donors (Lipinski definition) is 4. The van der Waals surface area contributed by atoms with E-state index in [4.69, 9.17) is 18.6 Å². The van der Waals surface area contributed by atoms with Crippen LogP contribution in [0.1, 0.15) is 22.3 Å². The fourth-order valence-corrected chi connectivity index (χ4v) is 4.99. The van der Waals surface area contributed by atoms with Gasteiger partial charge >= 0.3 is 81.9 Å². The van der Waals surface area contributed by atoms with Gasteiger partial charge in [-0.25, -0.2) is 9.59 Å². The van der Waals surface area contributed by atoms with Gasteiger partial charge in [0, 0.05) is 0 Å². The first-order valence-corrected chi connectivity index (χ1v) is 18.1. The second kappa shape index (κ2) is 22.7. The quantitative estimate of drug-likeness (QED) is 0.0881. The number of amides is 2. The largest absolute Gasteiger partial charge is 2.00 e. The maximum Gasteiger partial charge on any atom is 2.00 e. The fraction of sp³-hybridized carbons (Fsp3) is 0.176. The molecule has 2 atom stereocenters. The number of ether oxygens (including phenoxy) is 2. The summed E-state index contributed by atoms with van der Waals surface area (Å²) in [4.78, 5) is 46.1. The Morgan fingerprint density at radius 3 is 1.11 bits per heavy atom. The van der Waals surface area contributed by atoms with Crippen molar-refractivity contribution < 1.29 is 73.2 Å². The van der Waals surface area contributed by atoms with Crippen molar-refractivity contribution in [3.8, 4) is 11.5 Å². The number of aliphatic carboxylic acids is 2. The van der Waals surface area contributed by atoms with Crippen molar-refractivity contribution in [2.75, 3.05) is 0 Å². The number of carboxylic acids is 2. The van der Waals surface area contributed by atoms with E-state index in [1.807, 2.05) is 12.1 Å².